The van der Waals surface area contributed by atoms with E-state index in [1.807, 2.05) is 81.0 Å². The second kappa shape index (κ2) is 11.0. The number of carbonyl (C=O) groups is 2. The molecule has 36 heavy (non-hydrogen) atoms. The van der Waals surface area contributed by atoms with Gasteiger partial charge in [0.25, 0.3) is 5.91 Å². The lowest BCUT2D eigenvalue weighted by Crippen LogP contribution is -2.42. The topological polar surface area (TPSA) is 81.4 Å². The first kappa shape index (κ1) is 25.5. The van der Waals surface area contributed by atoms with Gasteiger partial charge in [-0.25, -0.2) is 9.48 Å². The van der Waals surface area contributed by atoms with Gasteiger partial charge in [-0.2, -0.15) is 5.10 Å². The van der Waals surface area contributed by atoms with Gasteiger partial charge in [0.2, 0.25) is 0 Å². The summed E-state index contributed by atoms with van der Waals surface area (Å²) in [5, 5.41) is 7.70. The van der Waals surface area contributed by atoms with Crippen LogP contribution in [0.25, 0.3) is 5.69 Å². The minimum absolute atomic E-state index is 0.0636. The van der Waals surface area contributed by atoms with E-state index in [2.05, 4.69) is 21.2 Å². The predicted octanol–water partition coefficient (Wildman–Crippen LogP) is 4.92. The summed E-state index contributed by atoms with van der Waals surface area (Å²) in [5.74, 6) is -0.0636. The summed E-state index contributed by atoms with van der Waals surface area (Å²) in [5.41, 5.74) is 3.40. The molecule has 1 aromatic carbocycles. The lowest BCUT2D eigenvalue weighted by Gasteiger charge is -2.34. The van der Waals surface area contributed by atoms with Gasteiger partial charge >= 0.3 is 6.09 Å². The van der Waals surface area contributed by atoms with E-state index in [1.54, 1.807) is 4.90 Å². The monoisotopic (exact) mass is 491 g/mol. The Hall–Kier alpha value is -3.55. The number of hydrogen-bond acceptors (Lipinski definition) is 4. The lowest BCUT2D eigenvalue weighted by molar-refractivity contribution is 0.0187. The highest BCUT2D eigenvalue weighted by Gasteiger charge is 2.28. The van der Waals surface area contributed by atoms with E-state index in [0.29, 0.717) is 25.3 Å². The Labute approximate surface area is 213 Å². The normalized spacial score (nSPS) is 14.6. The van der Waals surface area contributed by atoms with Gasteiger partial charge in [-0.3, -0.25) is 4.79 Å². The van der Waals surface area contributed by atoms with Crippen molar-refractivity contribution in [3.05, 3.63) is 71.8 Å². The molecule has 1 N–H and O–H groups in total. The van der Waals surface area contributed by atoms with E-state index in [0.717, 1.165) is 37.1 Å². The largest absolute Gasteiger partial charge is 0.444 e. The van der Waals surface area contributed by atoms with Crippen LogP contribution in [-0.2, 0) is 11.2 Å². The van der Waals surface area contributed by atoms with Gasteiger partial charge in [0.05, 0.1) is 11.4 Å². The molecule has 0 spiro atoms. The average molecular weight is 492 g/mol. The highest BCUT2D eigenvalue weighted by molar-refractivity contribution is 5.92. The first-order valence-corrected chi connectivity index (χ1v) is 12.7. The summed E-state index contributed by atoms with van der Waals surface area (Å²) < 4.78 is 9.45. The van der Waals surface area contributed by atoms with Crippen LogP contribution in [0.15, 0.2) is 54.9 Å². The first-order chi connectivity index (χ1) is 17.2. The number of para-hydroxylation sites is 1. The molecule has 3 aromatic rings. The number of amides is 2. The number of likely N-dealkylation sites (tertiary alicyclic amines) is 1. The van der Waals surface area contributed by atoms with Gasteiger partial charge in [-0.15, -0.1) is 0 Å². The molecular weight excluding hydrogens is 454 g/mol. The number of ether oxygens (including phenoxy) is 1. The maximum Gasteiger partial charge on any atom is 0.410 e. The van der Waals surface area contributed by atoms with Crippen molar-refractivity contribution in [2.45, 2.75) is 65.0 Å². The van der Waals surface area contributed by atoms with Crippen molar-refractivity contribution in [3.8, 4) is 5.69 Å². The van der Waals surface area contributed by atoms with E-state index >= 15 is 0 Å². The van der Waals surface area contributed by atoms with Crippen molar-refractivity contribution in [2.75, 3.05) is 19.6 Å². The van der Waals surface area contributed by atoms with Crippen LogP contribution >= 0.6 is 0 Å². The number of benzene rings is 1. The van der Waals surface area contributed by atoms with Crippen LogP contribution in [0.5, 0.6) is 0 Å². The van der Waals surface area contributed by atoms with Crippen LogP contribution in [0.1, 0.15) is 67.8 Å². The molecular formula is C28H37N5O3. The zero-order chi connectivity index (χ0) is 25.7. The standard InChI is InChI=1S/C28H37N5O3/c1-21-22(20-33(30-21)24-11-6-5-7-12-24)10-8-16-29-26(34)25-13-9-17-32(25)23-14-18-31(19-15-23)27(35)36-28(2,3)4/h5-7,9,11-13,17,20,23H,8,10,14-16,18-19H2,1-4H3,(H,29,34). The van der Waals surface area contributed by atoms with Crippen LogP contribution in [0.3, 0.4) is 0 Å². The summed E-state index contributed by atoms with van der Waals surface area (Å²) in [6.45, 7) is 9.48. The fourth-order valence-electron chi connectivity index (χ4n) is 4.58. The number of nitrogens with one attached hydrogen (secondary N) is 1. The lowest BCUT2D eigenvalue weighted by atomic mass is 10.0. The van der Waals surface area contributed by atoms with Crippen molar-refractivity contribution >= 4 is 12.0 Å². The maximum absolute atomic E-state index is 12.9. The third-order valence-corrected chi connectivity index (χ3v) is 6.45. The first-order valence-electron chi connectivity index (χ1n) is 12.7. The maximum atomic E-state index is 12.9. The number of aryl methyl sites for hydroxylation is 2. The third kappa shape index (κ3) is 6.36. The number of aromatic nitrogens is 3. The van der Waals surface area contributed by atoms with Crippen LogP contribution < -0.4 is 5.32 Å². The molecule has 1 aliphatic heterocycles. The van der Waals surface area contributed by atoms with Crippen LogP contribution in [0, 0.1) is 6.92 Å². The second-order valence-corrected chi connectivity index (χ2v) is 10.4. The van der Waals surface area contributed by atoms with Crippen molar-refractivity contribution in [3.63, 3.8) is 0 Å². The SMILES string of the molecule is Cc1nn(-c2ccccc2)cc1CCCNC(=O)c1cccn1C1CCN(C(=O)OC(C)(C)C)CC1. The quantitative estimate of drug-likeness (QED) is 0.476. The Kier molecular flexibility index (Phi) is 7.82. The van der Waals surface area contributed by atoms with Gasteiger partial charge in [0.1, 0.15) is 11.3 Å². The molecule has 0 atom stereocenters. The average Bonchev–Trinajstić information content (AvgIpc) is 3.48. The summed E-state index contributed by atoms with van der Waals surface area (Å²) >= 11 is 0. The van der Waals surface area contributed by atoms with Gasteiger partial charge in [0, 0.05) is 38.1 Å². The molecule has 0 saturated carbocycles. The number of hydrogen-bond donors (Lipinski definition) is 1. The Morgan fingerprint density at radius 1 is 1.08 bits per heavy atom. The number of piperidine rings is 1. The molecule has 2 aromatic heterocycles. The Bertz CT molecular complexity index is 1170. The fourth-order valence-corrected chi connectivity index (χ4v) is 4.58. The molecule has 0 radical (unpaired) electrons. The molecule has 0 bridgehead atoms. The summed E-state index contributed by atoms with van der Waals surface area (Å²) in [4.78, 5) is 27.0. The van der Waals surface area contributed by atoms with E-state index in [-0.39, 0.29) is 18.0 Å². The van der Waals surface area contributed by atoms with Gasteiger partial charge in [0.15, 0.2) is 0 Å². The van der Waals surface area contributed by atoms with Crippen LogP contribution in [-0.4, -0.2) is 56.5 Å². The Morgan fingerprint density at radius 3 is 2.50 bits per heavy atom. The Balaban J connectivity index is 1.26. The summed E-state index contributed by atoms with van der Waals surface area (Å²) in [6, 6.07) is 14.0. The minimum atomic E-state index is -0.499. The van der Waals surface area contributed by atoms with E-state index in [4.69, 9.17) is 4.74 Å². The number of nitrogens with zero attached hydrogens (tertiary/aromatic N) is 4. The molecule has 0 aliphatic carbocycles. The third-order valence-electron chi connectivity index (χ3n) is 6.45. The smallest absolute Gasteiger partial charge is 0.410 e. The molecule has 2 amide bonds. The van der Waals surface area contributed by atoms with Crippen LogP contribution in [0.2, 0.25) is 0 Å². The van der Waals surface area contributed by atoms with E-state index in [9.17, 15) is 9.59 Å². The molecule has 1 aliphatic rings. The summed E-state index contributed by atoms with van der Waals surface area (Å²) in [7, 11) is 0. The van der Waals surface area contributed by atoms with Gasteiger partial charge < -0.3 is 19.5 Å². The molecule has 8 nitrogen and oxygen atoms in total. The summed E-state index contributed by atoms with van der Waals surface area (Å²) in [6.07, 6.45) is 7.03. The van der Waals surface area contributed by atoms with Gasteiger partial charge in [-0.1, -0.05) is 18.2 Å². The van der Waals surface area contributed by atoms with Crippen molar-refractivity contribution in [2.24, 2.45) is 0 Å². The molecule has 3 heterocycles. The van der Waals surface area contributed by atoms with Gasteiger partial charge in [-0.05, 0) is 83.2 Å². The van der Waals surface area contributed by atoms with Crippen molar-refractivity contribution < 1.29 is 14.3 Å². The van der Waals surface area contributed by atoms with Crippen LogP contribution in [0.4, 0.5) is 4.79 Å². The number of rotatable bonds is 7. The minimum Gasteiger partial charge on any atom is -0.444 e. The zero-order valence-corrected chi connectivity index (χ0v) is 21.7. The number of carbonyl (C=O) groups excluding carboxylic acids is 2. The molecule has 1 fully saturated rings. The zero-order valence-electron chi connectivity index (χ0n) is 21.7. The van der Waals surface area contributed by atoms with E-state index < -0.39 is 5.60 Å². The van der Waals surface area contributed by atoms with Crippen molar-refractivity contribution in [1.29, 1.82) is 0 Å². The van der Waals surface area contributed by atoms with E-state index in [1.165, 1.54) is 5.56 Å². The fraction of sp³-hybridized carbons (Fsp3) is 0.464. The highest BCUT2D eigenvalue weighted by Crippen LogP contribution is 2.26. The molecule has 1 saturated heterocycles. The molecule has 4 rings (SSSR count). The Morgan fingerprint density at radius 2 is 1.81 bits per heavy atom. The predicted molar refractivity (Wildman–Crippen MR) is 139 cm³/mol. The molecule has 192 valence electrons. The highest BCUT2D eigenvalue weighted by atomic mass is 16.6. The van der Waals surface area contributed by atoms with Crippen molar-refractivity contribution in [1.82, 2.24) is 24.6 Å². The second-order valence-electron chi connectivity index (χ2n) is 10.4. The molecule has 8 heteroatoms. The molecule has 0 unspecified atom stereocenters.